The summed E-state index contributed by atoms with van der Waals surface area (Å²) in [4.78, 5) is 0. The summed E-state index contributed by atoms with van der Waals surface area (Å²) in [5.41, 5.74) is 1.65. The summed E-state index contributed by atoms with van der Waals surface area (Å²) in [6.07, 6.45) is -0.874. The molecule has 20 heavy (non-hydrogen) atoms. The van der Waals surface area contributed by atoms with Crippen LogP contribution in [-0.4, -0.2) is 16.2 Å². The third-order valence-corrected chi connectivity index (χ3v) is 2.57. The molecule has 110 valence electrons. The quantitative estimate of drug-likeness (QED) is 0.889. The van der Waals surface area contributed by atoms with Gasteiger partial charge in [-0.15, -0.1) is 12.4 Å². The van der Waals surface area contributed by atoms with Crippen molar-refractivity contribution in [3.8, 4) is 0 Å². The van der Waals surface area contributed by atoms with Crippen LogP contribution >= 0.6 is 12.4 Å². The van der Waals surface area contributed by atoms with Crippen molar-refractivity contribution < 1.29 is 13.2 Å². The molecule has 0 spiro atoms. The van der Waals surface area contributed by atoms with Crippen LogP contribution in [0, 0.1) is 5.82 Å². The number of aromatic nitrogens is 2. The number of hydrogen-bond acceptors (Lipinski definition) is 2. The molecular weight excluding hydrogens is 291 g/mol. The van der Waals surface area contributed by atoms with E-state index >= 15 is 0 Å². The maximum Gasteiger partial charge on any atom is 0.257 e. The molecule has 0 saturated heterocycles. The van der Waals surface area contributed by atoms with Crippen LogP contribution in [0.4, 0.5) is 13.2 Å². The van der Waals surface area contributed by atoms with Crippen LogP contribution in [0.15, 0.2) is 36.5 Å². The summed E-state index contributed by atoms with van der Waals surface area (Å²) >= 11 is 0. The van der Waals surface area contributed by atoms with Gasteiger partial charge in [-0.25, -0.2) is 13.2 Å². The molecule has 0 aliphatic heterocycles. The van der Waals surface area contributed by atoms with E-state index in [9.17, 15) is 13.2 Å². The summed E-state index contributed by atoms with van der Waals surface area (Å²) in [6, 6.07) is 7.87. The van der Waals surface area contributed by atoms with Gasteiger partial charge in [-0.2, -0.15) is 5.10 Å². The zero-order valence-corrected chi connectivity index (χ0v) is 11.4. The second-order valence-electron chi connectivity index (χ2n) is 4.15. The first-order chi connectivity index (χ1) is 9.13. The number of alkyl halides is 2. The number of benzene rings is 1. The lowest BCUT2D eigenvalue weighted by Gasteiger charge is -2.03. The lowest BCUT2D eigenvalue weighted by Crippen LogP contribution is -2.14. The third kappa shape index (κ3) is 5.22. The van der Waals surface area contributed by atoms with Crippen LogP contribution in [0.5, 0.6) is 0 Å². The lowest BCUT2D eigenvalue weighted by atomic mass is 10.2. The monoisotopic (exact) mass is 305 g/mol. The van der Waals surface area contributed by atoms with Crippen LogP contribution in [0.1, 0.15) is 11.3 Å². The van der Waals surface area contributed by atoms with Gasteiger partial charge >= 0.3 is 0 Å². The largest absolute Gasteiger partial charge is 0.307 e. The Labute approximate surface area is 121 Å². The highest BCUT2D eigenvalue weighted by Gasteiger charge is 2.05. The molecule has 0 bridgehead atoms. The zero-order valence-electron chi connectivity index (χ0n) is 10.6. The maximum absolute atomic E-state index is 12.7. The first-order valence-electron chi connectivity index (χ1n) is 5.89. The molecule has 0 unspecified atom stereocenters. The van der Waals surface area contributed by atoms with Crippen molar-refractivity contribution in [2.75, 3.05) is 0 Å². The minimum absolute atomic E-state index is 0. The van der Waals surface area contributed by atoms with Crippen molar-refractivity contribution in [3.63, 3.8) is 0 Å². The topological polar surface area (TPSA) is 29.9 Å². The number of nitrogens with zero attached hydrogens (tertiary/aromatic N) is 2. The third-order valence-electron chi connectivity index (χ3n) is 2.57. The molecule has 1 aromatic heterocycles. The Kier molecular flexibility index (Phi) is 6.54. The minimum atomic E-state index is -2.40. The Morgan fingerprint density at radius 3 is 2.45 bits per heavy atom. The molecule has 0 aliphatic rings. The van der Waals surface area contributed by atoms with Crippen LogP contribution in [-0.2, 0) is 19.6 Å². The van der Waals surface area contributed by atoms with Gasteiger partial charge in [0.25, 0.3) is 6.43 Å². The van der Waals surface area contributed by atoms with Gasteiger partial charge in [-0.3, -0.25) is 4.68 Å². The molecule has 1 heterocycles. The zero-order chi connectivity index (χ0) is 13.7. The Bertz CT molecular complexity index is 514. The van der Waals surface area contributed by atoms with Gasteiger partial charge in [0.15, 0.2) is 0 Å². The van der Waals surface area contributed by atoms with Crippen LogP contribution in [0.3, 0.4) is 0 Å². The predicted octanol–water partition coefficient (Wildman–Crippen LogP) is 3.00. The van der Waals surface area contributed by atoms with Crippen molar-refractivity contribution in [1.82, 2.24) is 15.1 Å². The second kappa shape index (κ2) is 7.91. The fourth-order valence-corrected chi connectivity index (χ4v) is 1.68. The first kappa shape index (κ1) is 16.5. The van der Waals surface area contributed by atoms with Crippen molar-refractivity contribution in [3.05, 3.63) is 53.6 Å². The highest BCUT2D eigenvalue weighted by molar-refractivity contribution is 5.85. The van der Waals surface area contributed by atoms with E-state index in [0.29, 0.717) is 18.8 Å². The number of halogens is 4. The molecule has 0 atom stereocenters. The maximum atomic E-state index is 12.7. The fourth-order valence-electron chi connectivity index (χ4n) is 1.68. The Hall–Kier alpha value is -1.53. The molecular formula is C13H15ClF3N3. The molecule has 2 aromatic rings. The SMILES string of the molecule is Cl.Fc1ccc(CNCc2ccn(CC(F)F)n2)cc1. The van der Waals surface area contributed by atoms with Crippen molar-refractivity contribution >= 4 is 12.4 Å². The van der Waals surface area contributed by atoms with Gasteiger partial charge in [0.05, 0.1) is 5.69 Å². The Morgan fingerprint density at radius 1 is 1.10 bits per heavy atom. The highest BCUT2D eigenvalue weighted by atomic mass is 35.5. The average molecular weight is 306 g/mol. The summed E-state index contributed by atoms with van der Waals surface area (Å²) < 4.78 is 38.2. The summed E-state index contributed by atoms with van der Waals surface area (Å²) in [6.45, 7) is 0.660. The van der Waals surface area contributed by atoms with Gasteiger partial charge in [-0.05, 0) is 23.8 Å². The molecule has 0 fully saturated rings. The van der Waals surface area contributed by atoms with Crippen molar-refractivity contribution in [2.45, 2.75) is 26.1 Å². The van der Waals surface area contributed by atoms with Gasteiger partial charge < -0.3 is 5.32 Å². The second-order valence-corrected chi connectivity index (χ2v) is 4.15. The van der Waals surface area contributed by atoms with E-state index in [1.165, 1.54) is 23.0 Å². The van der Waals surface area contributed by atoms with Gasteiger partial charge in [0.1, 0.15) is 12.4 Å². The average Bonchev–Trinajstić information content (AvgIpc) is 2.78. The molecule has 0 radical (unpaired) electrons. The highest BCUT2D eigenvalue weighted by Crippen LogP contribution is 2.04. The molecule has 3 nitrogen and oxygen atoms in total. The van der Waals surface area contributed by atoms with E-state index in [-0.39, 0.29) is 18.2 Å². The van der Waals surface area contributed by atoms with Crippen LogP contribution in [0.25, 0.3) is 0 Å². The van der Waals surface area contributed by atoms with Crippen LogP contribution < -0.4 is 5.32 Å². The van der Waals surface area contributed by atoms with E-state index in [1.54, 1.807) is 18.2 Å². The molecule has 0 aliphatic carbocycles. The van der Waals surface area contributed by atoms with E-state index in [0.717, 1.165) is 5.56 Å². The molecule has 2 rings (SSSR count). The number of rotatable bonds is 6. The summed E-state index contributed by atoms with van der Waals surface area (Å²) in [7, 11) is 0. The molecule has 0 amide bonds. The van der Waals surface area contributed by atoms with E-state index < -0.39 is 13.0 Å². The molecule has 0 saturated carbocycles. The predicted molar refractivity (Wildman–Crippen MR) is 72.4 cm³/mol. The van der Waals surface area contributed by atoms with Crippen molar-refractivity contribution in [2.24, 2.45) is 0 Å². The lowest BCUT2D eigenvalue weighted by molar-refractivity contribution is 0.121. The minimum Gasteiger partial charge on any atom is -0.307 e. The molecule has 1 aromatic carbocycles. The Balaban J connectivity index is 0.00000200. The number of nitrogens with one attached hydrogen (secondary N) is 1. The summed E-state index contributed by atoms with van der Waals surface area (Å²) in [5.74, 6) is -0.269. The normalized spacial score (nSPS) is 10.6. The van der Waals surface area contributed by atoms with Gasteiger partial charge in [-0.1, -0.05) is 12.1 Å². The molecule has 7 heteroatoms. The standard InChI is InChI=1S/C13H14F3N3.ClH/c14-11-3-1-10(2-4-11)7-17-8-12-5-6-19(18-12)9-13(15)16;/h1-6,13,17H,7-9H2;1H. The van der Waals surface area contributed by atoms with E-state index in [2.05, 4.69) is 10.4 Å². The van der Waals surface area contributed by atoms with Crippen LogP contribution in [0.2, 0.25) is 0 Å². The van der Waals surface area contributed by atoms with Gasteiger partial charge in [0.2, 0.25) is 0 Å². The number of hydrogen-bond donors (Lipinski definition) is 1. The smallest absolute Gasteiger partial charge is 0.257 e. The van der Waals surface area contributed by atoms with E-state index in [1.807, 2.05) is 0 Å². The van der Waals surface area contributed by atoms with E-state index in [4.69, 9.17) is 0 Å². The summed E-state index contributed by atoms with van der Waals surface area (Å²) in [5, 5.41) is 7.13. The van der Waals surface area contributed by atoms with Gasteiger partial charge in [0, 0.05) is 19.3 Å². The fraction of sp³-hybridized carbons (Fsp3) is 0.308. The van der Waals surface area contributed by atoms with Crippen molar-refractivity contribution in [1.29, 1.82) is 0 Å². The Morgan fingerprint density at radius 2 is 1.80 bits per heavy atom. The molecule has 1 N–H and O–H groups in total. The first-order valence-corrected chi connectivity index (χ1v) is 5.89.